The van der Waals surface area contributed by atoms with Gasteiger partial charge in [-0.1, -0.05) is 41.4 Å². The number of carbonyl (C=O) groups excluding carboxylic acids is 1. The molecule has 7 nitrogen and oxygen atoms in total. The quantitative estimate of drug-likeness (QED) is 0.209. The lowest BCUT2D eigenvalue weighted by Crippen LogP contribution is -2.19. The monoisotopic (exact) mass is 382 g/mol. The van der Waals surface area contributed by atoms with Crippen molar-refractivity contribution in [3.05, 3.63) is 70.8 Å². The van der Waals surface area contributed by atoms with Crippen molar-refractivity contribution in [2.45, 2.75) is 4.90 Å². The van der Waals surface area contributed by atoms with E-state index in [1.807, 2.05) is 0 Å². The van der Waals surface area contributed by atoms with Gasteiger partial charge in [0.05, 0.1) is 41.7 Å². The molecule has 1 aliphatic rings. The fourth-order valence-electron chi connectivity index (χ4n) is 3.10. The molecule has 4 rings (SSSR count). The predicted octanol–water partition coefficient (Wildman–Crippen LogP) is 3.86. The van der Waals surface area contributed by atoms with Gasteiger partial charge in [-0.25, -0.2) is 4.89 Å². The van der Waals surface area contributed by atoms with Crippen LogP contribution in [0.5, 0.6) is 5.88 Å². The highest BCUT2D eigenvalue weighted by Gasteiger charge is 2.34. The van der Waals surface area contributed by atoms with Gasteiger partial charge in [-0.3, -0.25) is 10.2 Å². The van der Waals surface area contributed by atoms with Crippen LogP contribution in [0.4, 0.5) is 0 Å². The summed E-state index contributed by atoms with van der Waals surface area (Å²) >= 11 is 0.967. The minimum Gasteiger partial charge on any atom is -0.494 e. The third-order valence-corrected chi connectivity index (χ3v) is 4.86. The molecule has 3 N–H and O–H groups in total. The largest absolute Gasteiger partial charge is 0.494 e. The molecule has 0 radical (unpaired) electrons. The van der Waals surface area contributed by atoms with Crippen LogP contribution in [-0.4, -0.2) is 28.7 Å². The summed E-state index contributed by atoms with van der Waals surface area (Å²) in [5.74, 6) is -0.415. The normalized spacial score (nSPS) is 12.8. The Morgan fingerprint density at radius 1 is 1.04 bits per heavy atom. The molecule has 0 fully saturated rings. The fourth-order valence-corrected chi connectivity index (χ4v) is 3.51. The highest BCUT2D eigenvalue weighted by atomic mass is 32.2. The van der Waals surface area contributed by atoms with E-state index in [1.54, 1.807) is 48.5 Å². The number of aromatic nitrogens is 1. The zero-order valence-electron chi connectivity index (χ0n) is 14.1. The molecular weight excluding hydrogens is 368 g/mol. The first kappa shape index (κ1) is 17.5. The number of carbonyl (C=O) groups is 1. The average molecular weight is 382 g/mol. The minimum atomic E-state index is -0.224. The van der Waals surface area contributed by atoms with Crippen LogP contribution < -0.4 is 0 Å². The number of H-pyrrole nitrogens is 1. The third-order valence-electron chi connectivity index (χ3n) is 4.27. The zero-order chi connectivity index (χ0) is 19.0. The number of benzene rings is 2. The molecule has 0 unspecified atom stereocenters. The van der Waals surface area contributed by atoms with Crippen molar-refractivity contribution in [3.63, 3.8) is 0 Å². The van der Waals surface area contributed by atoms with Gasteiger partial charge in [0.2, 0.25) is 0 Å². The zero-order valence-corrected chi connectivity index (χ0v) is 14.9. The Morgan fingerprint density at radius 3 is 2.44 bits per heavy atom. The summed E-state index contributed by atoms with van der Waals surface area (Å²) in [7, 11) is 1.33. The second kappa shape index (κ2) is 7.01. The Kier molecular flexibility index (Phi) is 4.54. The number of ketones is 1. The van der Waals surface area contributed by atoms with Crippen molar-refractivity contribution >= 4 is 23.5 Å². The van der Waals surface area contributed by atoms with E-state index in [-0.39, 0.29) is 22.9 Å². The number of fused-ring (bicyclic) bond motifs is 2. The van der Waals surface area contributed by atoms with Crippen molar-refractivity contribution in [2.75, 3.05) is 7.11 Å². The Labute approximate surface area is 158 Å². The van der Waals surface area contributed by atoms with E-state index < -0.39 is 0 Å². The standard InChI is InChI=1S/C19H14N2O5S/c1-24-25-26-27-11-8-6-10(7-9-11)17-15-14(19(23)21-17)16(20)12-4-2-3-5-13(12)18(15)22/h2-9,20-21,23H,1H3. The van der Waals surface area contributed by atoms with Crippen molar-refractivity contribution in [3.8, 4) is 17.1 Å². The molecule has 1 heterocycles. The smallest absolute Gasteiger partial charge is 0.199 e. The molecule has 0 amide bonds. The van der Waals surface area contributed by atoms with Crippen molar-refractivity contribution < 1.29 is 24.2 Å². The summed E-state index contributed by atoms with van der Waals surface area (Å²) in [6.45, 7) is 0. The van der Waals surface area contributed by atoms with Gasteiger partial charge in [0.15, 0.2) is 11.7 Å². The molecule has 0 aliphatic heterocycles. The van der Waals surface area contributed by atoms with E-state index in [9.17, 15) is 9.90 Å². The van der Waals surface area contributed by atoms with Crippen molar-refractivity contribution in [1.82, 2.24) is 4.98 Å². The summed E-state index contributed by atoms with van der Waals surface area (Å²) in [5.41, 5.74) is 2.78. The molecule has 0 spiro atoms. The van der Waals surface area contributed by atoms with Gasteiger partial charge in [0.25, 0.3) is 0 Å². The van der Waals surface area contributed by atoms with Gasteiger partial charge in [0, 0.05) is 16.0 Å². The van der Waals surface area contributed by atoms with Crippen LogP contribution in [0.1, 0.15) is 27.0 Å². The third kappa shape index (κ3) is 2.94. The van der Waals surface area contributed by atoms with Crippen molar-refractivity contribution in [2.24, 2.45) is 0 Å². The molecule has 0 saturated heterocycles. The number of hydrogen-bond acceptors (Lipinski definition) is 7. The Balaban J connectivity index is 1.74. The number of hydrogen-bond donors (Lipinski definition) is 3. The topological polar surface area (TPSA) is 105 Å². The molecule has 0 saturated carbocycles. The molecule has 0 bridgehead atoms. The lowest BCUT2D eigenvalue weighted by molar-refractivity contribution is -0.447. The van der Waals surface area contributed by atoms with Crippen LogP contribution in [0, 0.1) is 5.41 Å². The first-order valence-electron chi connectivity index (χ1n) is 7.94. The molecular formula is C19H14N2O5S. The van der Waals surface area contributed by atoms with E-state index in [0.29, 0.717) is 27.9 Å². The lowest BCUT2D eigenvalue weighted by Gasteiger charge is -2.17. The molecule has 136 valence electrons. The van der Waals surface area contributed by atoms with Gasteiger partial charge in [0.1, 0.15) is 0 Å². The van der Waals surface area contributed by atoms with Gasteiger partial charge >= 0.3 is 0 Å². The molecule has 1 aliphatic carbocycles. The predicted molar refractivity (Wildman–Crippen MR) is 98.7 cm³/mol. The van der Waals surface area contributed by atoms with Crippen LogP contribution in [0.2, 0.25) is 0 Å². The van der Waals surface area contributed by atoms with Gasteiger partial charge in [-0.2, -0.15) is 0 Å². The van der Waals surface area contributed by atoms with Crippen LogP contribution in [0.3, 0.4) is 0 Å². The Morgan fingerprint density at radius 2 is 1.74 bits per heavy atom. The van der Waals surface area contributed by atoms with E-state index in [4.69, 9.17) is 9.74 Å². The Bertz CT molecular complexity index is 1040. The van der Waals surface area contributed by atoms with Crippen molar-refractivity contribution in [1.29, 1.82) is 5.41 Å². The molecule has 1 aromatic heterocycles. The van der Waals surface area contributed by atoms with E-state index in [2.05, 4.69) is 14.9 Å². The average Bonchev–Trinajstić information content (AvgIpc) is 3.04. The number of aromatic hydroxyl groups is 1. The van der Waals surface area contributed by atoms with Crippen LogP contribution >= 0.6 is 12.0 Å². The fraction of sp³-hybridized carbons (Fsp3) is 0.0526. The molecule has 3 aromatic rings. The maximum absolute atomic E-state index is 13.0. The highest BCUT2D eigenvalue weighted by molar-refractivity contribution is 7.94. The SMILES string of the molecule is COOOSc1ccc(-c2[nH]c(O)c3c2C(=O)c2ccccc2C3=N)cc1. The molecule has 27 heavy (non-hydrogen) atoms. The number of nitrogens with one attached hydrogen (secondary N) is 2. The van der Waals surface area contributed by atoms with E-state index in [1.165, 1.54) is 7.11 Å². The maximum atomic E-state index is 13.0. The van der Waals surface area contributed by atoms with Gasteiger partial charge in [-0.05, 0) is 17.7 Å². The first-order valence-corrected chi connectivity index (χ1v) is 8.68. The summed E-state index contributed by atoms with van der Waals surface area (Å²) in [6.07, 6.45) is 0. The number of aromatic amines is 1. The summed E-state index contributed by atoms with van der Waals surface area (Å²) in [4.78, 5) is 21.0. The van der Waals surface area contributed by atoms with Crippen LogP contribution in [0.15, 0.2) is 53.4 Å². The van der Waals surface area contributed by atoms with E-state index in [0.717, 1.165) is 16.9 Å². The van der Waals surface area contributed by atoms with E-state index >= 15 is 0 Å². The molecule has 8 heteroatoms. The van der Waals surface area contributed by atoms with Gasteiger partial charge < -0.3 is 10.1 Å². The lowest BCUT2D eigenvalue weighted by atomic mass is 9.84. The summed E-state index contributed by atoms with van der Waals surface area (Å²) in [6, 6.07) is 14.0. The molecule has 0 atom stereocenters. The number of rotatable bonds is 5. The Hall–Kier alpha value is -2.91. The maximum Gasteiger partial charge on any atom is 0.199 e. The summed E-state index contributed by atoms with van der Waals surface area (Å²) in [5, 5.41) is 23.1. The molecule has 2 aromatic carbocycles. The first-order chi connectivity index (χ1) is 13.1. The second-order valence-corrected chi connectivity index (χ2v) is 6.53. The highest BCUT2D eigenvalue weighted by Crippen LogP contribution is 2.39. The minimum absolute atomic E-state index is 0.123. The van der Waals surface area contributed by atoms with Crippen LogP contribution in [-0.2, 0) is 14.3 Å². The summed E-state index contributed by atoms with van der Waals surface area (Å²) < 4.78 is 4.74. The van der Waals surface area contributed by atoms with Crippen LogP contribution in [0.25, 0.3) is 11.3 Å². The second-order valence-electron chi connectivity index (χ2n) is 5.76. The van der Waals surface area contributed by atoms with Gasteiger partial charge in [-0.15, -0.1) is 4.33 Å².